The van der Waals surface area contributed by atoms with Crippen LogP contribution in [0.4, 0.5) is 0 Å². The molecule has 1 aliphatic rings. The minimum absolute atomic E-state index is 0.201. The molecule has 78 valence electrons. The monoisotopic (exact) mass is 203 g/mol. The molecule has 0 saturated carbocycles. The molecule has 0 atom stereocenters. The number of hydrogen-bond donors (Lipinski definition) is 1. The van der Waals surface area contributed by atoms with E-state index in [0.29, 0.717) is 13.0 Å². The van der Waals surface area contributed by atoms with Crippen LogP contribution in [0.1, 0.15) is 24.2 Å². The number of ketones is 1. The van der Waals surface area contributed by atoms with Gasteiger partial charge < -0.3 is 5.32 Å². The van der Waals surface area contributed by atoms with E-state index in [9.17, 15) is 4.79 Å². The minimum Gasteiger partial charge on any atom is -0.383 e. The topological polar surface area (TPSA) is 54.9 Å². The Kier molecular flexibility index (Phi) is 2.76. The molecule has 0 aliphatic heterocycles. The highest BCUT2D eigenvalue weighted by atomic mass is 16.1. The average Bonchev–Trinajstić information content (AvgIpc) is 2.64. The lowest BCUT2D eigenvalue weighted by Gasteiger charge is -2.05. The quantitative estimate of drug-likeness (QED) is 0.799. The van der Waals surface area contributed by atoms with Crippen molar-refractivity contribution in [1.29, 1.82) is 0 Å². The van der Waals surface area contributed by atoms with Gasteiger partial charge in [-0.25, -0.2) is 0 Å². The summed E-state index contributed by atoms with van der Waals surface area (Å²) in [7, 11) is 0. The van der Waals surface area contributed by atoms with Crippen molar-refractivity contribution in [2.75, 3.05) is 0 Å². The van der Waals surface area contributed by atoms with Crippen LogP contribution in [0.15, 0.2) is 24.2 Å². The van der Waals surface area contributed by atoms with Gasteiger partial charge in [0, 0.05) is 24.4 Å². The summed E-state index contributed by atoms with van der Waals surface area (Å²) in [6.07, 6.45) is 6.60. The number of nitrogens with one attached hydrogen (secondary N) is 1. The summed E-state index contributed by atoms with van der Waals surface area (Å²) < 4.78 is 0. The van der Waals surface area contributed by atoms with Crippen molar-refractivity contribution < 1.29 is 4.79 Å². The van der Waals surface area contributed by atoms with Crippen LogP contribution in [-0.2, 0) is 11.3 Å². The van der Waals surface area contributed by atoms with Gasteiger partial charge in [0.25, 0.3) is 0 Å². The van der Waals surface area contributed by atoms with Gasteiger partial charge in [0.15, 0.2) is 5.78 Å². The number of allylic oxidation sites excluding steroid dienone is 2. The van der Waals surface area contributed by atoms with Gasteiger partial charge in [-0.2, -0.15) is 0 Å². The Hall–Kier alpha value is -1.71. The van der Waals surface area contributed by atoms with Crippen LogP contribution < -0.4 is 5.32 Å². The Bertz CT molecular complexity index is 395. The standard InChI is InChI=1S/C11H13N3O/c1-8-5-13-10(6-12-8)7-14-9-2-3-11(15)4-9/h4-6,14H,2-3,7H2,1H3. The molecule has 0 saturated heterocycles. The van der Waals surface area contributed by atoms with Gasteiger partial charge in [-0.1, -0.05) is 0 Å². The number of hydrogen-bond acceptors (Lipinski definition) is 4. The SMILES string of the molecule is Cc1cnc(CNC2=CC(=O)CC2)cn1. The van der Waals surface area contributed by atoms with E-state index in [0.717, 1.165) is 23.5 Å². The molecule has 1 heterocycles. The highest BCUT2D eigenvalue weighted by Gasteiger charge is 2.11. The van der Waals surface area contributed by atoms with Crippen molar-refractivity contribution in [1.82, 2.24) is 15.3 Å². The van der Waals surface area contributed by atoms with Crippen LogP contribution in [0.25, 0.3) is 0 Å². The van der Waals surface area contributed by atoms with E-state index in [-0.39, 0.29) is 5.78 Å². The van der Waals surface area contributed by atoms with Crippen LogP contribution in [0.3, 0.4) is 0 Å². The molecule has 1 aromatic rings. The third-order valence-corrected chi connectivity index (χ3v) is 2.31. The van der Waals surface area contributed by atoms with Gasteiger partial charge in [0.1, 0.15) is 0 Å². The zero-order valence-electron chi connectivity index (χ0n) is 8.66. The summed E-state index contributed by atoms with van der Waals surface area (Å²) in [5.41, 5.74) is 2.80. The summed E-state index contributed by atoms with van der Waals surface area (Å²) >= 11 is 0. The van der Waals surface area contributed by atoms with Crippen molar-refractivity contribution in [2.24, 2.45) is 0 Å². The van der Waals surface area contributed by atoms with Gasteiger partial charge in [0.05, 0.1) is 24.1 Å². The van der Waals surface area contributed by atoms with E-state index >= 15 is 0 Å². The fourth-order valence-corrected chi connectivity index (χ4v) is 1.45. The molecular weight excluding hydrogens is 190 g/mol. The summed E-state index contributed by atoms with van der Waals surface area (Å²) in [5, 5.41) is 3.19. The fourth-order valence-electron chi connectivity index (χ4n) is 1.45. The first-order valence-electron chi connectivity index (χ1n) is 4.99. The highest BCUT2D eigenvalue weighted by molar-refractivity contribution is 5.92. The number of carbonyl (C=O) groups excluding carboxylic acids is 1. The largest absolute Gasteiger partial charge is 0.383 e. The lowest BCUT2D eigenvalue weighted by Crippen LogP contribution is -2.12. The molecule has 0 unspecified atom stereocenters. The molecule has 1 aromatic heterocycles. The first-order valence-corrected chi connectivity index (χ1v) is 4.99. The second-order valence-electron chi connectivity index (χ2n) is 3.64. The Balaban J connectivity index is 1.91. The first-order chi connectivity index (χ1) is 7.24. The maximum absolute atomic E-state index is 11.0. The summed E-state index contributed by atoms with van der Waals surface area (Å²) in [4.78, 5) is 19.3. The van der Waals surface area contributed by atoms with E-state index in [2.05, 4.69) is 15.3 Å². The third kappa shape index (κ3) is 2.62. The third-order valence-electron chi connectivity index (χ3n) is 2.31. The molecule has 4 heteroatoms. The van der Waals surface area contributed by atoms with E-state index in [1.807, 2.05) is 6.92 Å². The van der Waals surface area contributed by atoms with Gasteiger partial charge in [-0.05, 0) is 13.3 Å². The zero-order valence-corrected chi connectivity index (χ0v) is 8.66. The van der Waals surface area contributed by atoms with E-state index in [1.165, 1.54) is 0 Å². The Morgan fingerprint density at radius 3 is 2.80 bits per heavy atom. The van der Waals surface area contributed by atoms with Crippen LogP contribution in [0.2, 0.25) is 0 Å². The molecule has 0 fully saturated rings. The van der Waals surface area contributed by atoms with Crippen molar-refractivity contribution in [3.05, 3.63) is 35.6 Å². The maximum atomic E-state index is 11.0. The van der Waals surface area contributed by atoms with E-state index in [4.69, 9.17) is 0 Å². The second-order valence-corrected chi connectivity index (χ2v) is 3.64. The number of aromatic nitrogens is 2. The van der Waals surface area contributed by atoms with Crippen molar-refractivity contribution >= 4 is 5.78 Å². The molecular formula is C11H13N3O. The molecule has 0 bridgehead atoms. The van der Waals surface area contributed by atoms with Crippen molar-refractivity contribution in [3.63, 3.8) is 0 Å². The summed E-state index contributed by atoms with van der Waals surface area (Å²) in [6, 6.07) is 0. The number of carbonyl (C=O) groups is 1. The smallest absolute Gasteiger partial charge is 0.157 e. The van der Waals surface area contributed by atoms with Crippen molar-refractivity contribution in [3.8, 4) is 0 Å². The average molecular weight is 203 g/mol. The zero-order chi connectivity index (χ0) is 10.7. The van der Waals surface area contributed by atoms with Crippen LogP contribution in [0.5, 0.6) is 0 Å². The molecule has 0 radical (unpaired) electrons. The molecule has 2 rings (SSSR count). The molecule has 15 heavy (non-hydrogen) atoms. The molecule has 1 N–H and O–H groups in total. The molecule has 0 aromatic carbocycles. The highest BCUT2D eigenvalue weighted by Crippen LogP contribution is 2.12. The molecule has 0 amide bonds. The Morgan fingerprint density at radius 1 is 1.33 bits per heavy atom. The summed E-state index contributed by atoms with van der Waals surface area (Å²) in [6.45, 7) is 2.54. The Labute approximate surface area is 88.4 Å². The van der Waals surface area contributed by atoms with E-state index in [1.54, 1.807) is 18.5 Å². The normalized spacial score (nSPS) is 15.3. The van der Waals surface area contributed by atoms with Gasteiger partial charge in [0.2, 0.25) is 0 Å². The van der Waals surface area contributed by atoms with Crippen LogP contribution in [0, 0.1) is 6.92 Å². The van der Waals surface area contributed by atoms with Gasteiger partial charge in [-0.3, -0.25) is 14.8 Å². The maximum Gasteiger partial charge on any atom is 0.157 e. The summed E-state index contributed by atoms with van der Waals surface area (Å²) in [5.74, 6) is 0.201. The van der Waals surface area contributed by atoms with E-state index < -0.39 is 0 Å². The van der Waals surface area contributed by atoms with Gasteiger partial charge in [-0.15, -0.1) is 0 Å². The van der Waals surface area contributed by atoms with Crippen molar-refractivity contribution in [2.45, 2.75) is 26.3 Å². The number of aryl methyl sites for hydroxylation is 1. The van der Waals surface area contributed by atoms with Gasteiger partial charge >= 0.3 is 0 Å². The number of nitrogens with zero attached hydrogens (tertiary/aromatic N) is 2. The molecule has 1 aliphatic carbocycles. The Morgan fingerprint density at radius 2 is 2.20 bits per heavy atom. The minimum atomic E-state index is 0.201. The predicted molar refractivity (Wildman–Crippen MR) is 55.9 cm³/mol. The molecule has 0 spiro atoms. The lowest BCUT2D eigenvalue weighted by molar-refractivity contribution is -0.114. The van der Waals surface area contributed by atoms with Crippen LogP contribution in [-0.4, -0.2) is 15.8 Å². The second kappa shape index (κ2) is 4.21. The molecule has 4 nitrogen and oxygen atoms in total. The van der Waals surface area contributed by atoms with Crippen LogP contribution >= 0.6 is 0 Å². The fraction of sp³-hybridized carbons (Fsp3) is 0.364. The first kappa shape index (κ1) is 9.83. The predicted octanol–water partition coefficient (Wildman–Crippen LogP) is 1.12. The lowest BCUT2D eigenvalue weighted by atomic mass is 10.3. The number of rotatable bonds is 3.